The van der Waals surface area contributed by atoms with Gasteiger partial charge in [-0.15, -0.1) is 0 Å². The summed E-state index contributed by atoms with van der Waals surface area (Å²) in [5.41, 5.74) is 1.96. The van der Waals surface area contributed by atoms with Gasteiger partial charge >= 0.3 is 5.97 Å². The molecule has 11 atom stereocenters. The van der Waals surface area contributed by atoms with Crippen LogP contribution in [-0.2, 0) is 39.6 Å². The van der Waals surface area contributed by atoms with E-state index in [9.17, 15) is 30.0 Å². The van der Waals surface area contributed by atoms with Gasteiger partial charge in [0, 0.05) is 24.5 Å². The van der Waals surface area contributed by atoms with Gasteiger partial charge in [0.1, 0.15) is 0 Å². The molecule has 3 aromatic carbocycles. The van der Waals surface area contributed by atoms with Gasteiger partial charge in [-0.3, -0.25) is 4.79 Å². The first-order chi connectivity index (χ1) is 28.2. The number of aryl methyl sites for hydroxylation is 3. The fourth-order valence-corrected chi connectivity index (χ4v) is 16.2. The minimum atomic E-state index is -3.97. The Morgan fingerprint density at radius 3 is 1.70 bits per heavy atom. The van der Waals surface area contributed by atoms with E-state index in [-0.39, 0.29) is 74.0 Å². The average Bonchev–Trinajstić information content (AvgIpc) is 3.56. The van der Waals surface area contributed by atoms with Gasteiger partial charge in [-0.05, 0) is 155 Å². The van der Waals surface area contributed by atoms with E-state index in [2.05, 4.69) is 34.9 Å². The summed E-state index contributed by atoms with van der Waals surface area (Å²) in [7, 11) is -10.4. The minimum absolute atomic E-state index is 0.0469. The molecule has 0 unspecified atom stereocenters. The smallest absolute Gasteiger partial charge is 0.305 e. The van der Waals surface area contributed by atoms with Crippen LogP contribution in [0.4, 0.5) is 0 Å². The summed E-state index contributed by atoms with van der Waals surface area (Å²) in [4.78, 5) is 13.0. The van der Waals surface area contributed by atoms with Crippen molar-refractivity contribution < 1.29 is 34.8 Å². The van der Waals surface area contributed by atoms with Crippen molar-refractivity contribution in [3.05, 3.63) is 89.5 Å². The first-order valence-electron chi connectivity index (χ1n) is 21.5. The van der Waals surface area contributed by atoms with Crippen molar-refractivity contribution in [2.24, 2.45) is 46.3 Å². The first-order valence-corrected chi connectivity index (χ1v) is 26.0. The van der Waals surface area contributed by atoms with E-state index in [1.165, 1.54) is 7.11 Å². The standard InChI is InChI=1S/C46H63N3O8S3/c1-29-8-15-35(16-9-29)58(51,52)47-34-24-25-45(5)33(26-34)27-41(48-59(53,54)36-17-10-30(2)11-18-36)44-39-22-21-38(32(4)14-23-43(50)57-7)46(39,6)42(28-40(44)45)49-60(55,56)37-19-12-31(3)13-20-37/h8-13,15-20,32-34,38-42,44,47-49H,14,21-28H2,1-7H3/t32-,33+,34-,38-,39+,40+,41-,42+,44+,45+,46-/m1/s1. The summed E-state index contributed by atoms with van der Waals surface area (Å²) in [5.74, 6) is -0.470. The van der Waals surface area contributed by atoms with Gasteiger partial charge in [0.2, 0.25) is 30.1 Å². The normalized spacial score (nSPS) is 32.3. The second kappa shape index (κ2) is 16.9. The molecule has 4 saturated carbocycles. The number of hydrogen-bond donors (Lipinski definition) is 3. The number of sulfonamides is 3. The second-order valence-corrected chi connectivity index (χ2v) is 24.2. The third-order valence-electron chi connectivity index (χ3n) is 15.6. The molecule has 0 radical (unpaired) electrons. The average molecular weight is 882 g/mol. The SMILES string of the molecule is COC(=O)CC[C@@H](C)[C@H]1CC[C@H]2[C@@H]3[C@H](NS(=O)(=O)c4ccc(C)cc4)C[C@@H]4C[C@H](NS(=O)(=O)c5ccc(C)cc5)CC[C@]4(C)[C@H]3C[C@H](NS(=O)(=O)c3ccc(C)cc3)[C@]12C. The lowest BCUT2D eigenvalue weighted by Crippen LogP contribution is -2.67. The number of nitrogens with one attached hydrogen (secondary N) is 3. The number of carbonyl (C=O) groups excluding carboxylic acids is 1. The lowest BCUT2D eigenvalue weighted by Gasteiger charge is -2.65. The predicted octanol–water partition coefficient (Wildman–Crippen LogP) is 7.42. The zero-order valence-corrected chi connectivity index (χ0v) is 38.4. The minimum Gasteiger partial charge on any atom is -0.469 e. The second-order valence-electron chi connectivity index (χ2n) is 19.0. The maximum absolute atomic E-state index is 14.4. The highest BCUT2D eigenvalue weighted by Gasteiger charge is 2.66. The number of methoxy groups -OCH3 is 1. The fourth-order valence-electron chi connectivity index (χ4n) is 12.2. The molecular formula is C46H63N3O8S3. The van der Waals surface area contributed by atoms with Crippen molar-refractivity contribution in [3.8, 4) is 0 Å². The van der Waals surface area contributed by atoms with Gasteiger partial charge in [0.25, 0.3) is 0 Å². The summed E-state index contributed by atoms with van der Waals surface area (Å²) in [6.07, 6.45) is 5.32. The molecule has 328 valence electrons. The van der Waals surface area contributed by atoms with Crippen LogP contribution in [0.5, 0.6) is 0 Å². The largest absolute Gasteiger partial charge is 0.469 e. The van der Waals surface area contributed by atoms with Crippen LogP contribution in [0.1, 0.15) is 95.2 Å². The predicted molar refractivity (Wildman–Crippen MR) is 232 cm³/mol. The van der Waals surface area contributed by atoms with Crippen molar-refractivity contribution in [2.75, 3.05) is 7.11 Å². The number of hydrogen-bond acceptors (Lipinski definition) is 8. The third-order valence-corrected chi connectivity index (χ3v) is 20.1. The topological polar surface area (TPSA) is 165 Å². The van der Waals surface area contributed by atoms with Crippen molar-refractivity contribution in [2.45, 2.75) is 132 Å². The van der Waals surface area contributed by atoms with Crippen LogP contribution in [0.25, 0.3) is 0 Å². The van der Waals surface area contributed by atoms with Gasteiger partial charge in [0.05, 0.1) is 21.8 Å². The van der Waals surface area contributed by atoms with Gasteiger partial charge in [-0.25, -0.2) is 39.4 Å². The maximum atomic E-state index is 14.4. The van der Waals surface area contributed by atoms with E-state index >= 15 is 0 Å². The molecule has 0 heterocycles. The highest BCUT2D eigenvalue weighted by Crippen LogP contribution is 2.68. The Hall–Kier alpha value is -3.14. The summed E-state index contributed by atoms with van der Waals surface area (Å²) in [5, 5.41) is 0. The highest BCUT2D eigenvalue weighted by molar-refractivity contribution is 7.90. The summed E-state index contributed by atoms with van der Waals surface area (Å²) >= 11 is 0. The molecule has 4 aliphatic rings. The van der Waals surface area contributed by atoms with Crippen LogP contribution >= 0.6 is 0 Å². The number of esters is 1. The van der Waals surface area contributed by atoms with Crippen molar-refractivity contribution in [1.29, 1.82) is 0 Å². The number of rotatable bonds is 13. The molecule has 0 bridgehead atoms. The highest BCUT2D eigenvalue weighted by atomic mass is 32.2. The molecule has 11 nitrogen and oxygen atoms in total. The Bertz CT molecular complexity index is 2370. The molecule has 4 aliphatic carbocycles. The van der Waals surface area contributed by atoms with E-state index in [0.717, 1.165) is 29.5 Å². The number of carbonyl (C=O) groups is 1. The molecule has 4 fully saturated rings. The molecule has 3 N–H and O–H groups in total. The van der Waals surface area contributed by atoms with Crippen LogP contribution in [0.2, 0.25) is 0 Å². The Morgan fingerprint density at radius 2 is 1.18 bits per heavy atom. The zero-order valence-electron chi connectivity index (χ0n) is 36.0. The van der Waals surface area contributed by atoms with Crippen LogP contribution in [0, 0.1) is 67.1 Å². The molecule has 14 heteroatoms. The fraction of sp³-hybridized carbons (Fsp3) is 0.587. The van der Waals surface area contributed by atoms with Crippen molar-refractivity contribution in [3.63, 3.8) is 0 Å². The molecule has 0 amide bonds. The molecule has 3 aromatic rings. The Balaban J connectivity index is 1.29. The van der Waals surface area contributed by atoms with E-state index in [1.807, 2.05) is 20.8 Å². The quantitative estimate of drug-likeness (QED) is 0.149. The van der Waals surface area contributed by atoms with Crippen LogP contribution < -0.4 is 14.2 Å². The van der Waals surface area contributed by atoms with Crippen molar-refractivity contribution in [1.82, 2.24) is 14.2 Å². The van der Waals surface area contributed by atoms with E-state index in [4.69, 9.17) is 4.74 Å². The lowest BCUT2D eigenvalue weighted by atomic mass is 9.42. The molecule has 60 heavy (non-hydrogen) atoms. The Morgan fingerprint density at radius 1 is 0.683 bits per heavy atom. The van der Waals surface area contributed by atoms with E-state index in [1.54, 1.807) is 72.8 Å². The molecule has 0 aromatic heterocycles. The third kappa shape index (κ3) is 8.62. The maximum Gasteiger partial charge on any atom is 0.305 e. The number of ether oxygens (including phenoxy) is 1. The van der Waals surface area contributed by atoms with Crippen LogP contribution in [0.15, 0.2) is 87.5 Å². The zero-order chi connectivity index (χ0) is 43.4. The molecule has 0 saturated heterocycles. The number of benzene rings is 3. The first kappa shape index (κ1) is 44.9. The van der Waals surface area contributed by atoms with Crippen LogP contribution in [-0.4, -0.2) is 56.5 Å². The van der Waals surface area contributed by atoms with Crippen molar-refractivity contribution >= 4 is 36.0 Å². The summed E-state index contributed by atoms with van der Waals surface area (Å²) in [6.45, 7) is 12.4. The monoisotopic (exact) mass is 881 g/mol. The molecule has 0 spiro atoms. The Labute approximate surface area is 358 Å². The van der Waals surface area contributed by atoms with Gasteiger partial charge in [-0.1, -0.05) is 73.9 Å². The summed E-state index contributed by atoms with van der Waals surface area (Å²) in [6, 6.07) is 19.2. The van der Waals surface area contributed by atoms with Gasteiger partial charge in [0.15, 0.2) is 0 Å². The van der Waals surface area contributed by atoms with Crippen LogP contribution in [0.3, 0.4) is 0 Å². The molecular weight excluding hydrogens is 819 g/mol. The van der Waals surface area contributed by atoms with Gasteiger partial charge < -0.3 is 4.74 Å². The number of fused-ring (bicyclic) bond motifs is 5. The Kier molecular flexibility index (Phi) is 12.6. The summed E-state index contributed by atoms with van der Waals surface area (Å²) < 4.78 is 99.4. The van der Waals surface area contributed by atoms with E-state index < -0.39 is 47.6 Å². The molecule has 7 rings (SSSR count). The van der Waals surface area contributed by atoms with E-state index in [0.29, 0.717) is 38.5 Å². The lowest BCUT2D eigenvalue weighted by molar-refractivity contribution is -0.142. The molecule has 0 aliphatic heterocycles. The van der Waals surface area contributed by atoms with Gasteiger partial charge in [-0.2, -0.15) is 0 Å².